The normalized spacial score (nSPS) is 18.1. The zero-order valence-corrected chi connectivity index (χ0v) is 11.2. The molecule has 3 heteroatoms. The van der Waals surface area contributed by atoms with Crippen molar-refractivity contribution in [1.29, 1.82) is 0 Å². The van der Waals surface area contributed by atoms with Crippen LogP contribution in [-0.2, 0) is 0 Å². The second-order valence-electron chi connectivity index (χ2n) is 5.20. The molecule has 0 atom stereocenters. The molecule has 1 aliphatic rings. The Hall–Kier alpha value is -1.28. The molecule has 0 unspecified atom stereocenters. The van der Waals surface area contributed by atoms with Gasteiger partial charge in [0.2, 0.25) is 0 Å². The molecule has 1 aliphatic carbocycles. The highest BCUT2D eigenvalue weighted by molar-refractivity contribution is 6.35. The number of halogens is 1. The first-order valence-electron chi connectivity index (χ1n) is 6.40. The molecule has 1 saturated carbocycles. The van der Waals surface area contributed by atoms with Crippen molar-refractivity contribution < 1.29 is 4.74 Å². The van der Waals surface area contributed by atoms with Gasteiger partial charge in [0.05, 0.1) is 10.5 Å². The van der Waals surface area contributed by atoms with Crippen LogP contribution >= 0.6 is 11.6 Å². The van der Waals surface area contributed by atoms with Gasteiger partial charge < -0.3 is 4.74 Å². The average Bonchev–Trinajstić information content (AvgIpc) is 2.77. The topological polar surface area (TPSA) is 22.1 Å². The largest absolute Gasteiger partial charge is 0.487 e. The van der Waals surface area contributed by atoms with Crippen LogP contribution in [0.1, 0.15) is 32.6 Å². The number of benzene rings is 1. The maximum absolute atomic E-state index is 6.23. The molecule has 0 amide bonds. The molecule has 94 valence electrons. The summed E-state index contributed by atoms with van der Waals surface area (Å²) in [5.41, 5.74) is 0.787. The number of para-hydroxylation sites is 1. The molecule has 0 bridgehead atoms. The van der Waals surface area contributed by atoms with E-state index in [1.165, 1.54) is 12.8 Å². The first-order valence-corrected chi connectivity index (χ1v) is 6.78. The molecule has 0 spiro atoms. The van der Waals surface area contributed by atoms with Crippen molar-refractivity contribution in [3.8, 4) is 5.75 Å². The Morgan fingerprint density at radius 2 is 2.00 bits per heavy atom. The molecule has 1 fully saturated rings. The van der Waals surface area contributed by atoms with E-state index in [-0.39, 0.29) is 5.60 Å². The predicted octanol–water partition coefficient (Wildman–Crippen LogP) is 4.60. The van der Waals surface area contributed by atoms with Crippen LogP contribution in [0.2, 0.25) is 5.02 Å². The smallest absolute Gasteiger partial charge is 0.131 e. The van der Waals surface area contributed by atoms with Crippen LogP contribution in [0.15, 0.2) is 30.5 Å². The number of nitrogens with zero attached hydrogens (tertiary/aromatic N) is 1. The van der Waals surface area contributed by atoms with E-state index in [1.54, 1.807) is 6.20 Å². The van der Waals surface area contributed by atoms with E-state index in [0.29, 0.717) is 5.02 Å². The van der Waals surface area contributed by atoms with Gasteiger partial charge in [0.15, 0.2) is 0 Å². The first-order chi connectivity index (χ1) is 8.68. The Morgan fingerprint density at radius 1 is 1.22 bits per heavy atom. The van der Waals surface area contributed by atoms with Gasteiger partial charge in [-0.1, -0.05) is 17.7 Å². The molecule has 0 radical (unpaired) electrons. The molecular formula is C15H16ClNO. The molecule has 1 aromatic heterocycles. The van der Waals surface area contributed by atoms with Crippen LogP contribution in [0, 0.1) is 0 Å². The fourth-order valence-corrected chi connectivity index (χ4v) is 2.92. The SMILES string of the molecule is CC1(Oc2ccnc3c(Cl)cccc23)CCCC1. The summed E-state index contributed by atoms with van der Waals surface area (Å²) in [4.78, 5) is 4.33. The molecule has 0 aliphatic heterocycles. The van der Waals surface area contributed by atoms with E-state index in [1.807, 2.05) is 24.3 Å². The second kappa shape index (κ2) is 4.43. The lowest BCUT2D eigenvalue weighted by molar-refractivity contribution is 0.0987. The zero-order chi connectivity index (χ0) is 12.6. The van der Waals surface area contributed by atoms with Crippen LogP contribution in [0.5, 0.6) is 5.75 Å². The Balaban J connectivity index is 2.04. The first kappa shape index (κ1) is 11.8. The van der Waals surface area contributed by atoms with E-state index >= 15 is 0 Å². The van der Waals surface area contributed by atoms with Crippen molar-refractivity contribution in [2.24, 2.45) is 0 Å². The standard InChI is InChI=1S/C15H16ClNO/c1-15(8-2-3-9-15)18-13-7-10-17-14-11(13)5-4-6-12(14)16/h4-7,10H,2-3,8-9H2,1H3. The molecule has 3 rings (SSSR count). The van der Waals surface area contributed by atoms with Gasteiger partial charge in [-0.3, -0.25) is 4.98 Å². The number of ether oxygens (including phenoxy) is 1. The van der Waals surface area contributed by atoms with Gasteiger partial charge >= 0.3 is 0 Å². The van der Waals surface area contributed by atoms with Crippen molar-refractivity contribution in [1.82, 2.24) is 4.98 Å². The fraction of sp³-hybridized carbons (Fsp3) is 0.400. The van der Waals surface area contributed by atoms with Crippen molar-refractivity contribution >= 4 is 22.5 Å². The number of aromatic nitrogens is 1. The minimum Gasteiger partial charge on any atom is -0.487 e. The number of rotatable bonds is 2. The molecule has 1 heterocycles. The Labute approximate surface area is 112 Å². The van der Waals surface area contributed by atoms with Gasteiger partial charge in [0, 0.05) is 11.6 Å². The Kier molecular flexibility index (Phi) is 2.90. The number of hydrogen-bond acceptors (Lipinski definition) is 2. The number of fused-ring (bicyclic) bond motifs is 1. The molecule has 2 nitrogen and oxygen atoms in total. The van der Waals surface area contributed by atoms with Crippen LogP contribution in [0.4, 0.5) is 0 Å². The molecule has 18 heavy (non-hydrogen) atoms. The molecule has 1 aromatic carbocycles. The van der Waals surface area contributed by atoms with E-state index in [0.717, 1.165) is 29.5 Å². The third kappa shape index (κ3) is 2.05. The van der Waals surface area contributed by atoms with Gasteiger partial charge in [-0.05, 0) is 50.8 Å². The minimum atomic E-state index is -0.0311. The second-order valence-corrected chi connectivity index (χ2v) is 5.61. The average molecular weight is 262 g/mol. The van der Waals surface area contributed by atoms with Crippen LogP contribution in [-0.4, -0.2) is 10.6 Å². The summed E-state index contributed by atoms with van der Waals surface area (Å²) in [5, 5.41) is 1.67. The van der Waals surface area contributed by atoms with E-state index in [4.69, 9.17) is 16.3 Å². The van der Waals surface area contributed by atoms with Crippen LogP contribution < -0.4 is 4.74 Å². The number of pyridine rings is 1. The van der Waals surface area contributed by atoms with Gasteiger partial charge in [0.25, 0.3) is 0 Å². The highest BCUT2D eigenvalue weighted by Crippen LogP contribution is 2.37. The molecule has 2 aromatic rings. The Bertz CT molecular complexity index is 576. The van der Waals surface area contributed by atoms with Gasteiger partial charge in [-0.15, -0.1) is 0 Å². The summed E-state index contributed by atoms with van der Waals surface area (Å²) in [7, 11) is 0. The predicted molar refractivity (Wildman–Crippen MR) is 74.3 cm³/mol. The lowest BCUT2D eigenvalue weighted by atomic mass is 10.1. The van der Waals surface area contributed by atoms with Crippen molar-refractivity contribution in [3.05, 3.63) is 35.5 Å². The lowest BCUT2D eigenvalue weighted by Gasteiger charge is -2.26. The number of hydrogen-bond donors (Lipinski definition) is 0. The quantitative estimate of drug-likeness (QED) is 0.788. The lowest BCUT2D eigenvalue weighted by Crippen LogP contribution is -2.28. The summed E-state index contributed by atoms with van der Waals surface area (Å²) in [6.45, 7) is 2.19. The van der Waals surface area contributed by atoms with Crippen molar-refractivity contribution in [2.75, 3.05) is 0 Å². The summed E-state index contributed by atoms with van der Waals surface area (Å²) in [5.74, 6) is 0.895. The maximum Gasteiger partial charge on any atom is 0.131 e. The maximum atomic E-state index is 6.23. The molecule has 0 saturated heterocycles. The van der Waals surface area contributed by atoms with Crippen molar-refractivity contribution in [2.45, 2.75) is 38.2 Å². The molecule has 0 N–H and O–H groups in total. The minimum absolute atomic E-state index is 0.0311. The monoisotopic (exact) mass is 261 g/mol. The van der Waals surface area contributed by atoms with Gasteiger partial charge in [-0.2, -0.15) is 0 Å². The summed E-state index contributed by atoms with van der Waals surface area (Å²) in [6, 6.07) is 7.75. The van der Waals surface area contributed by atoms with E-state index < -0.39 is 0 Å². The Morgan fingerprint density at radius 3 is 2.78 bits per heavy atom. The van der Waals surface area contributed by atoms with Crippen LogP contribution in [0.25, 0.3) is 10.9 Å². The van der Waals surface area contributed by atoms with Gasteiger partial charge in [0.1, 0.15) is 11.4 Å². The van der Waals surface area contributed by atoms with Crippen LogP contribution in [0.3, 0.4) is 0 Å². The third-order valence-corrected chi connectivity index (χ3v) is 4.00. The van der Waals surface area contributed by atoms with E-state index in [9.17, 15) is 0 Å². The van der Waals surface area contributed by atoms with E-state index in [2.05, 4.69) is 11.9 Å². The highest BCUT2D eigenvalue weighted by Gasteiger charge is 2.31. The zero-order valence-electron chi connectivity index (χ0n) is 10.4. The fourth-order valence-electron chi connectivity index (χ4n) is 2.69. The summed E-state index contributed by atoms with van der Waals surface area (Å²) < 4.78 is 6.23. The van der Waals surface area contributed by atoms with Crippen molar-refractivity contribution in [3.63, 3.8) is 0 Å². The van der Waals surface area contributed by atoms with Gasteiger partial charge in [-0.25, -0.2) is 0 Å². The third-order valence-electron chi connectivity index (χ3n) is 3.70. The summed E-state index contributed by atoms with van der Waals surface area (Å²) >= 11 is 6.16. The molecular weight excluding hydrogens is 246 g/mol. The highest BCUT2D eigenvalue weighted by atomic mass is 35.5. The summed E-state index contributed by atoms with van der Waals surface area (Å²) in [6.07, 6.45) is 6.51.